The first-order chi connectivity index (χ1) is 8.36. The molecule has 1 saturated carbocycles. The van der Waals surface area contributed by atoms with Crippen molar-refractivity contribution < 1.29 is 5.11 Å². The van der Waals surface area contributed by atoms with Crippen LogP contribution in [0.4, 0.5) is 0 Å². The molecule has 1 fully saturated rings. The fourth-order valence-electron chi connectivity index (χ4n) is 2.45. The molecule has 0 aliphatic heterocycles. The summed E-state index contributed by atoms with van der Waals surface area (Å²) in [4.78, 5) is 4.03. The van der Waals surface area contributed by atoms with Crippen LogP contribution >= 0.6 is 0 Å². The minimum absolute atomic E-state index is 0.438. The van der Waals surface area contributed by atoms with E-state index in [1.54, 1.807) is 12.4 Å². The minimum atomic E-state index is -0.438. The molecule has 0 bridgehead atoms. The molecule has 1 aliphatic rings. The highest BCUT2D eigenvalue weighted by atomic mass is 16.3. The lowest BCUT2D eigenvalue weighted by Crippen LogP contribution is -2.32. The highest BCUT2D eigenvalue weighted by Gasteiger charge is 2.14. The van der Waals surface area contributed by atoms with Crippen LogP contribution in [0.15, 0.2) is 24.5 Å². The third-order valence-electron chi connectivity index (χ3n) is 3.52. The summed E-state index contributed by atoms with van der Waals surface area (Å²) in [6, 6.07) is 4.38. The van der Waals surface area contributed by atoms with Crippen LogP contribution in [-0.2, 0) is 0 Å². The van der Waals surface area contributed by atoms with Gasteiger partial charge in [-0.1, -0.05) is 31.7 Å². The molecule has 2 N–H and O–H groups in total. The first-order valence-electron chi connectivity index (χ1n) is 6.67. The Labute approximate surface area is 103 Å². The van der Waals surface area contributed by atoms with Gasteiger partial charge in [0.15, 0.2) is 0 Å². The minimum Gasteiger partial charge on any atom is -0.387 e. The Hall–Kier alpha value is -0.930. The van der Waals surface area contributed by atoms with Crippen LogP contribution in [0.1, 0.15) is 50.2 Å². The quantitative estimate of drug-likeness (QED) is 0.786. The van der Waals surface area contributed by atoms with Gasteiger partial charge in [0.05, 0.1) is 6.10 Å². The summed E-state index contributed by atoms with van der Waals surface area (Å²) in [5, 5.41) is 13.5. The van der Waals surface area contributed by atoms with Crippen molar-refractivity contribution in [3.63, 3.8) is 0 Å². The van der Waals surface area contributed by atoms with Gasteiger partial charge in [-0.15, -0.1) is 0 Å². The second-order valence-corrected chi connectivity index (χ2v) is 4.90. The summed E-state index contributed by atoms with van der Waals surface area (Å²) in [5.41, 5.74) is 0.897. The zero-order valence-corrected chi connectivity index (χ0v) is 10.3. The highest BCUT2D eigenvalue weighted by molar-refractivity contribution is 5.12. The van der Waals surface area contributed by atoms with Crippen molar-refractivity contribution in [2.75, 3.05) is 6.54 Å². The summed E-state index contributed by atoms with van der Waals surface area (Å²) in [6.45, 7) is 0.635. The van der Waals surface area contributed by atoms with Gasteiger partial charge in [-0.05, 0) is 18.9 Å². The standard InChI is InChI=1S/C14H22N2O/c17-14(12-6-5-9-15-10-12)11-16-13-7-3-1-2-4-8-13/h5-6,9-10,13-14,16-17H,1-4,7-8,11H2. The molecule has 3 nitrogen and oxygen atoms in total. The van der Waals surface area contributed by atoms with E-state index in [-0.39, 0.29) is 0 Å². The lowest BCUT2D eigenvalue weighted by atomic mass is 10.1. The molecule has 3 heteroatoms. The summed E-state index contributed by atoms with van der Waals surface area (Å²) < 4.78 is 0. The number of nitrogens with zero attached hydrogens (tertiary/aromatic N) is 1. The Morgan fingerprint density at radius 3 is 2.71 bits per heavy atom. The van der Waals surface area contributed by atoms with Crippen molar-refractivity contribution in [2.24, 2.45) is 0 Å². The van der Waals surface area contributed by atoms with Crippen LogP contribution in [0.5, 0.6) is 0 Å². The zero-order valence-electron chi connectivity index (χ0n) is 10.3. The van der Waals surface area contributed by atoms with E-state index in [4.69, 9.17) is 0 Å². The van der Waals surface area contributed by atoms with Gasteiger partial charge >= 0.3 is 0 Å². The van der Waals surface area contributed by atoms with E-state index in [1.807, 2.05) is 12.1 Å². The Kier molecular flexibility index (Phi) is 4.95. The monoisotopic (exact) mass is 234 g/mol. The fraction of sp³-hybridized carbons (Fsp3) is 0.643. The van der Waals surface area contributed by atoms with E-state index in [2.05, 4.69) is 10.3 Å². The third-order valence-corrected chi connectivity index (χ3v) is 3.52. The predicted molar refractivity (Wildman–Crippen MR) is 68.7 cm³/mol. The fourth-order valence-corrected chi connectivity index (χ4v) is 2.45. The largest absolute Gasteiger partial charge is 0.387 e. The maximum Gasteiger partial charge on any atom is 0.0929 e. The number of aliphatic hydroxyl groups is 1. The van der Waals surface area contributed by atoms with Gasteiger partial charge < -0.3 is 10.4 Å². The Morgan fingerprint density at radius 2 is 2.06 bits per heavy atom. The topological polar surface area (TPSA) is 45.1 Å². The number of pyridine rings is 1. The van der Waals surface area contributed by atoms with Crippen LogP contribution in [0.2, 0.25) is 0 Å². The number of rotatable bonds is 4. The molecule has 1 unspecified atom stereocenters. The lowest BCUT2D eigenvalue weighted by molar-refractivity contribution is 0.168. The van der Waals surface area contributed by atoms with Gasteiger partial charge in [0.2, 0.25) is 0 Å². The number of hydrogen-bond donors (Lipinski definition) is 2. The summed E-state index contributed by atoms with van der Waals surface area (Å²) in [5.74, 6) is 0. The molecule has 0 spiro atoms. The van der Waals surface area contributed by atoms with Crippen molar-refractivity contribution in [2.45, 2.75) is 50.7 Å². The molecular weight excluding hydrogens is 212 g/mol. The SMILES string of the molecule is OC(CNC1CCCCCC1)c1cccnc1. The van der Waals surface area contributed by atoms with Gasteiger partial charge in [0, 0.05) is 30.5 Å². The van der Waals surface area contributed by atoms with Gasteiger partial charge in [0.25, 0.3) is 0 Å². The maximum atomic E-state index is 10.0. The molecule has 17 heavy (non-hydrogen) atoms. The van der Waals surface area contributed by atoms with Crippen molar-refractivity contribution in [3.8, 4) is 0 Å². The highest BCUT2D eigenvalue weighted by Crippen LogP contribution is 2.18. The van der Waals surface area contributed by atoms with E-state index in [1.165, 1.54) is 38.5 Å². The van der Waals surface area contributed by atoms with Crippen molar-refractivity contribution in [3.05, 3.63) is 30.1 Å². The number of nitrogens with one attached hydrogen (secondary N) is 1. The molecular formula is C14H22N2O. The van der Waals surface area contributed by atoms with Gasteiger partial charge in [-0.2, -0.15) is 0 Å². The van der Waals surface area contributed by atoms with E-state index in [9.17, 15) is 5.11 Å². The molecule has 2 rings (SSSR count). The number of aliphatic hydroxyl groups excluding tert-OH is 1. The average molecular weight is 234 g/mol. The molecule has 94 valence electrons. The zero-order chi connectivity index (χ0) is 11.9. The molecule has 0 aromatic carbocycles. The van der Waals surface area contributed by atoms with Crippen molar-refractivity contribution in [1.82, 2.24) is 10.3 Å². The lowest BCUT2D eigenvalue weighted by Gasteiger charge is -2.19. The van der Waals surface area contributed by atoms with Crippen molar-refractivity contribution in [1.29, 1.82) is 0 Å². The van der Waals surface area contributed by atoms with Gasteiger partial charge in [-0.3, -0.25) is 4.98 Å². The molecule has 1 atom stereocenters. The maximum absolute atomic E-state index is 10.0. The van der Waals surface area contributed by atoms with Crippen LogP contribution < -0.4 is 5.32 Å². The van der Waals surface area contributed by atoms with Gasteiger partial charge in [-0.25, -0.2) is 0 Å². The molecule has 0 saturated heterocycles. The van der Waals surface area contributed by atoms with E-state index in [0.29, 0.717) is 12.6 Å². The summed E-state index contributed by atoms with van der Waals surface area (Å²) >= 11 is 0. The average Bonchev–Trinajstić information content (AvgIpc) is 2.65. The van der Waals surface area contributed by atoms with Crippen LogP contribution in [0.3, 0.4) is 0 Å². The molecule has 1 aromatic rings. The first kappa shape index (κ1) is 12.5. The van der Waals surface area contributed by atoms with E-state index < -0.39 is 6.10 Å². The Balaban J connectivity index is 1.77. The van der Waals surface area contributed by atoms with Crippen LogP contribution in [0.25, 0.3) is 0 Å². The van der Waals surface area contributed by atoms with Crippen LogP contribution in [-0.4, -0.2) is 22.7 Å². The Morgan fingerprint density at radius 1 is 1.29 bits per heavy atom. The second-order valence-electron chi connectivity index (χ2n) is 4.90. The van der Waals surface area contributed by atoms with Crippen molar-refractivity contribution >= 4 is 0 Å². The first-order valence-corrected chi connectivity index (χ1v) is 6.67. The molecule has 0 radical (unpaired) electrons. The third kappa shape index (κ3) is 4.10. The van der Waals surface area contributed by atoms with E-state index >= 15 is 0 Å². The smallest absolute Gasteiger partial charge is 0.0929 e. The van der Waals surface area contributed by atoms with Gasteiger partial charge in [0.1, 0.15) is 0 Å². The Bertz CT molecular complexity index is 307. The number of aromatic nitrogens is 1. The molecule has 1 heterocycles. The normalized spacial score (nSPS) is 19.8. The predicted octanol–water partition coefficient (Wildman–Crippen LogP) is 2.43. The van der Waals surface area contributed by atoms with E-state index in [0.717, 1.165) is 5.56 Å². The summed E-state index contributed by atoms with van der Waals surface area (Å²) in [6.07, 6.45) is 10.9. The number of hydrogen-bond acceptors (Lipinski definition) is 3. The second kappa shape index (κ2) is 6.72. The van der Waals surface area contributed by atoms with Crippen LogP contribution in [0, 0.1) is 0 Å². The molecule has 0 amide bonds. The summed E-state index contributed by atoms with van der Waals surface area (Å²) in [7, 11) is 0. The molecule has 1 aromatic heterocycles. The molecule has 1 aliphatic carbocycles.